The van der Waals surface area contributed by atoms with Gasteiger partial charge >= 0.3 is 0 Å². The van der Waals surface area contributed by atoms with Crippen molar-refractivity contribution < 1.29 is 18.8 Å². The molecule has 1 fully saturated rings. The van der Waals surface area contributed by atoms with Crippen molar-refractivity contribution in [2.45, 2.75) is 32.2 Å². The molecule has 1 saturated heterocycles. The summed E-state index contributed by atoms with van der Waals surface area (Å²) in [6.45, 7) is 2.71. The summed E-state index contributed by atoms with van der Waals surface area (Å²) in [5.41, 5.74) is 2.91. The molecule has 0 unspecified atom stereocenters. The minimum absolute atomic E-state index is 0.0166. The molecule has 1 atom stereocenters. The fourth-order valence-electron chi connectivity index (χ4n) is 3.76. The number of carbonyl (C=O) groups excluding carboxylic acids is 1. The Kier molecular flexibility index (Phi) is 5.70. The first-order chi connectivity index (χ1) is 14.6. The Hall–Kier alpha value is -3.35. The minimum atomic E-state index is -0.197. The highest BCUT2D eigenvalue weighted by molar-refractivity contribution is 5.79. The average Bonchev–Trinajstić information content (AvgIpc) is 3.43. The Morgan fingerprint density at radius 1 is 1.13 bits per heavy atom. The molecule has 30 heavy (non-hydrogen) atoms. The molecule has 0 bridgehead atoms. The smallest absolute Gasteiger partial charge is 0.249 e. The summed E-state index contributed by atoms with van der Waals surface area (Å²) in [7, 11) is 3.19. The number of benzene rings is 2. The van der Waals surface area contributed by atoms with Crippen molar-refractivity contribution in [3.8, 4) is 22.9 Å². The Balaban J connectivity index is 1.51. The summed E-state index contributed by atoms with van der Waals surface area (Å²) >= 11 is 0. The molecule has 1 aliphatic heterocycles. The topological polar surface area (TPSA) is 77.7 Å². The SMILES string of the molecule is COc1cc(CC(=O)N2CCC[C@H]2c2nc(-c3ccc(C)cc3)no2)cc(OC)c1. The van der Waals surface area contributed by atoms with Crippen LogP contribution in [0.2, 0.25) is 0 Å². The predicted molar refractivity (Wildman–Crippen MR) is 111 cm³/mol. The van der Waals surface area contributed by atoms with Crippen LogP contribution in [0.3, 0.4) is 0 Å². The number of hydrogen-bond donors (Lipinski definition) is 0. The van der Waals surface area contributed by atoms with Crippen LogP contribution in [0.5, 0.6) is 11.5 Å². The number of ether oxygens (including phenoxy) is 2. The maximum absolute atomic E-state index is 13.1. The Morgan fingerprint density at radius 3 is 2.50 bits per heavy atom. The number of aromatic nitrogens is 2. The van der Waals surface area contributed by atoms with Crippen molar-refractivity contribution in [1.29, 1.82) is 0 Å². The lowest BCUT2D eigenvalue weighted by atomic mass is 10.1. The molecule has 4 rings (SSSR count). The third-order valence-corrected chi connectivity index (χ3v) is 5.38. The number of likely N-dealkylation sites (tertiary alicyclic amines) is 1. The molecule has 1 aromatic heterocycles. The zero-order chi connectivity index (χ0) is 21.1. The lowest BCUT2D eigenvalue weighted by Crippen LogP contribution is -2.32. The summed E-state index contributed by atoms with van der Waals surface area (Å²) in [5, 5.41) is 4.13. The minimum Gasteiger partial charge on any atom is -0.497 e. The molecule has 3 aromatic rings. The quantitative estimate of drug-likeness (QED) is 0.615. The third-order valence-electron chi connectivity index (χ3n) is 5.38. The van der Waals surface area contributed by atoms with E-state index in [1.165, 1.54) is 5.56 Å². The molecule has 2 heterocycles. The number of carbonyl (C=O) groups is 1. The lowest BCUT2D eigenvalue weighted by Gasteiger charge is -2.22. The predicted octanol–water partition coefficient (Wildman–Crippen LogP) is 3.97. The van der Waals surface area contributed by atoms with Gasteiger partial charge in [-0.3, -0.25) is 4.79 Å². The monoisotopic (exact) mass is 407 g/mol. The van der Waals surface area contributed by atoms with Gasteiger partial charge in [-0.2, -0.15) is 4.98 Å². The van der Waals surface area contributed by atoms with Gasteiger partial charge in [-0.05, 0) is 37.5 Å². The number of hydrogen-bond acceptors (Lipinski definition) is 6. The number of nitrogens with zero attached hydrogens (tertiary/aromatic N) is 3. The molecule has 0 radical (unpaired) electrons. The third kappa shape index (κ3) is 4.15. The van der Waals surface area contributed by atoms with Gasteiger partial charge in [0.1, 0.15) is 17.5 Å². The van der Waals surface area contributed by atoms with E-state index in [9.17, 15) is 4.79 Å². The molecular weight excluding hydrogens is 382 g/mol. The fraction of sp³-hybridized carbons (Fsp3) is 0.348. The second kappa shape index (κ2) is 8.57. The first-order valence-electron chi connectivity index (χ1n) is 9.99. The van der Waals surface area contributed by atoms with Gasteiger partial charge in [-0.1, -0.05) is 35.0 Å². The van der Waals surface area contributed by atoms with Crippen LogP contribution in [0.4, 0.5) is 0 Å². The number of aryl methyl sites for hydroxylation is 1. The van der Waals surface area contributed by atoms with Gasteiger partial charge in [-0.15, -0.1) is 0 Å². The maximum atomic E-state index is 13.1. The zero-order valence-electron chi connectivity index (χ0n) is 17.4. The standard InChI is InChI=1S/C23H25N3O4/c1-15-6-8-17(9-7-15)22-24-23(30-25-22)20-5-4-10-26(20)21(27)13-16-11-18(28-2)14-19(12-16)29-3/h6-9,11-12,14,20H,4-5,10,13H2,1-3H3/t20-/m0/s1. The van der Waals surface area contributed by atoms with Gasteiger partial charge in [0, 0.05) is 18.2 Å². The van der Waals surface area contributed by atoms with E-state index in [1.54, 1.807) is 20.3 Å². The van der Waals surface area contributed by atoms with Crippen molar-refractivity contribution in [2.75, 3.05) is 20.8 Å². The second-order valence-electron chi connectivity index (χ2n) is 7.47. The van der Waals surface area contributed by atoms with E-state index in [-0.39, 0.29) is 18.4 Å². The zero-order valence-corrected chi connectivity index (χ0v) is 17.4. The number of amides is 1. The van der Waals surface area contributed by atoms with E-state index >= 15 is 0 Å². The van der Waals surface area contributed by atoms with Gasteiger partial charge in [0.15, 0.2) is 0 Å². The van der Waals surface area contributed by atoms with Crippen LogP contribution >= 0.6 is 0 Å². The molecule has 2 aromatic carbocycles. The Labute approximate surface area is 175 Å². The normalized spacial score (nSPS) is 16.0. The molecule has 156 valence electrons. The molecule has 0 spiro atoms. The molecule has 0 aliphatic carbocycles. The molecule has 7 nitrogen and oxygen atoms in total. The number of rotatable bonds is 6. The van der Waals surface area contributed by atoms with E-state index in [1.807, 2.05) is 48.2 Å². The van der Waals surface area contributed by atoms with Crippen LogP contribution in [0.15, 0.2) is 47.0 Å². The van der Waals surface area contributed by atoms with Crippen LogP contribution in [-0.2, 0) is 11.2 Å². The van der Waals surface area contributed by atoms with Crippen LogP contribution < -0.4 is 9.47 Å². The van der Waals surface area contributed by atoms with Crippen LogP contribution in [0, 0.1) is 6.92 Å². The van der Waals surface area contributed by atoms with Crippen LogP contribution in [0.1, 0.15) is 35.9 Å². The molecule has 0 N–H and O–H groups in total. The largest absolute Gasteiger partial charge is 0.497 e. The average molecular weight is 407 g/mol. The summed E-state index contributed by atoms with van der Waals surface area (Å²) < 4.78 is 16.2. The second-order valence-corrected chi connectivity index (χ2v) is 7.47. The van der Waals surface area contributed by atoms with E-state index in [0.717, 1.165) is 24.0 Å². The van der Waals surface area contributed by atoms with Crippen molar-refractivity contribution in [2.24, 2.45) is 0 Å². The summed E-state index contributed by atoms with van der Waals surface area (Å²) in [4.78, 5) is 19.5. The van der Waals surface area contributed by atoms with Gasteiger partial charge in [0.05, 0.1) is 20.6 Å². The molecule has 7 heteroatoms. The highest BCUT2D eigenvalue weighted by Crippen LogP contribution is 2.33. The van der Waals surface area contributed by atoms with Crippen molar-refractivity contribution in [1.82, 2.24) is 15.0 Å². The van der Waals surface area contributed by atoms with Gasteiger partial charge < -0.3 is 18.9 Å². The molecular formula is C23H25N3O4. The number of methoxy groups -OCH3 is 2. The highest BCUT2D eigenvalue weighted by Gasteiger charge is 2.34. The van der Waals surface area contributed by atoms with Crippen molar-refractivity contribution in [3.63, 3.8) is 0 Å². The van der Waals surface area contributed by atoms with Crippen molar-refractivity contribution >= 4 is 5.91 Å². The van der Waals surface area contributed by atoms with Crippen molar-refractivity contribution in [3.05, 3.63) is 59.5 Å². The first kappa shape index (κ1) is 19.9. The molecule has 1 aliphatic rings. The Bertz CT molecular complexity index is 1010. The van der Waals surface area contributed by atoms with E-state index < -0.39 is 0 Å². The maximum Gasteiger partial charge on any atom is 0.249 e. The summed E-state index contributed by atoms with van der Waals surface area (Å²) in [6, 6.07) is 13.3. The first-order valence-corrected chi connectivity index (χ1v) is 9.99. The van der Waals surface area contributed by atoms with E-state index in [0.29, 0.717) is 29.8 Å². The molecule has 0 saturated carbocycles. The highest BCUT2D eigenvalue weighted by atomic mass is 16.5. The Morgan fingerprint density at radius 2 is 1.83 bits per heavy atom. The fourth-order valence-corrected chi connectivity index (χ4v) is 3.76. The summed E-state index contributed by atoms with van der Waals surface area (Å²) in [5.74, 6) is 2.37. The van der Waals surface area contributed by atoms with Gasteiger partial charge in [0.2, 0.25) is 17.6 Å². The van der Waals surface area contributed by atoms with E-state index in [4.69, 9.17) is 14.0 Å². The van der Waals surface area contributed by atoms with Crippen LogP contribution in [0.25, 0.3) is 11.4 Å². The van der Waals surface area contributed by atoms with E-state index in [2.05, 4.69) is 10.1 Å². The summed E-state index contributed by atoms with van der Waals surface area (Å²) in [6.07, 6.45) is 1.96. The van der Waals surface area contributed by atoms with Gasteiger partial charge in [0.25, 0.3) is 0 Å². The van der Waals surface area contributed by atoms with Gasteiger partial charge in [-0.25, -0.2) is 0 Å². The molecule has 1 amide bonds. The van der Waals surface area contributed by atoms with Crippen LogP contribution in [-0.4, -0.2) is 41.7 Å². The lowest BCUT2D eigenvalue weighted by molar-refractivity contribution is -0.131.